The van der Waals surface area contributed by atoms with Crippen LogP contribution in [-0.2, 0) is 30.6 Å². The van der Waals surface area contributed by atoms with Crippen molar-refractivity contribution in [2.75, 3.05) is 5.32 Å². The normalized spacial score (nSPS) is 13.7. The highest BCUT2D eigenvalue weighted by Crippen LogP contribution is 2.28. The fraction of sp³-hybridized carbons (Fsp3) is 0.353. The molecule has 1 heterocycles. The van der Waals surface area contributed by atoms with Crippen molar-refractivity contribution in [1.82, 2.24) is 0 Å². The minimum atomic E-state index is -0.770. The van der Waals surface area contributed by atoms with Gasteiger partial charge in [0.2, 0.25) is 0 Å². The topological polar surface area (TPSA) is 49.3 Å². The van der Waals surface area contributed by atoms with Crippen LogP contribution in [0.15, 0.2) is 30.3 Å². The number of thiophene rings is 1. The molecule has 4 heteroatoms. The predicted octanol–water partition coefficient (Wildman–Crippen LogP) is 3.87. The van der Waals surface area contributed by atoms with Crippen LogP contribution < -0.4 is 5.32 Å². The molecule has 0 aliphatic heterocycles. The zero-order valence-electron chi connectivity index (χ0n) is 11.9. The third-order valence-corrected chi connectivity index (χ3v) is 4.98. The fourth-order valence-corrected chi connectivity index (χ4v) is 3.84. The number of rotatable bonds is 5. The Morgan fingerprint density at radius 2 is 1.95 bits per heavy atom. The quantitative estimate of drug-likeness (QED) is 0.881. The minimum Gasteiger partial charge on any atom is -0.481 e. The Morgan fingerprint density at radius 1 is 1.14 bits per heavy atom. The highest BCUT2D eigenvalue weighted by Gasteiger charge is 2.12. The van der Waals surface area contributed by atoms with Gasteiger partial charge >= 0.3 is 5.97 Å². The van der Waals surface area contributed by atoms with Gasteiger partial charge in [0, 0.05) is 22.0 Å². The molecular formula is C17H19NO2S. The van der Waals surface area contributed by atoms with Gasteiger partial charge in [-0.15, -0.1) is 11.3 Å². The van der Waals surface area contributed by atoms with Gasteiger partial charge in [0.15, 0.2) is 0 Å². The molecule has 1 aromatic heterocycles. The molecule has 1 aliphatic carbocycles. The van der Waals surface area contributed by atoms with E-state index in [9.17, 15) is 4.79 Å². The van der Waals surface area contributed by atoms with Crippen LogP contribution >= 0.6 is 11.3 Å². The fourth-order valence-electron chi connectivity index (χ4n) is 2.89. The number of carboxylic acids is 1. The summed E-state index contributed by atoms with van der Waals surface area (Å²) in [5, 5.41) is 12.3. The largest absolute Gasteiger partial charge is 0.481 e. The number of anilines is 1. The molecule has 0 spiro atoms. The lowest BCUT2D eigenvalue weighted by Crippen LogP contribution is -2.08. The molecular weight excluding hydrogens is 282 g/mol. The van der Waals surface area contributed by atoms with Crippen molar-refractivity contribution in [3.63, 3.8) is 0 Å². The molecule has 0 unspecified atom stereocenters. The van der Waals surface area contributed by atoms with Crippen molar-refractivity contribution in [3.8, 4) is 0 Å². The number of hydrogen-bond donors (Lipinski definition) is 2. The summed E-state index contributed by atoms with van der Waals surface area (Å²) in [6, 6.07) is 10.4. The van der Waals surface area contributed by atoms with Gasteiger partial charge in [-0.2, -0.15) is 0 Å². The van der Waals surface area contributed by atoms with Gasteiger partial charge in [-0.1, -0.05) is 12.1 Å². The second-order valence-corrected chi connectivity index (χ2v) is 6.70. The SMILES string of the molecule is O=C(O)Cc1ccc(CNc2cccc3c2CCCC3)s1. The lowest BCUT2D eigenvalue weighted by molar-refractivity contribution is -0.136. The molecule has 3 nitrogen and oxygen atoms in total. The molecule has 0 saturated heterocycles. The van der Waals surface area contributed by atoms with Gasteiger partial charge in [-0.3, -0.25) is 4.79 Å². The first-order chi connectivity index (χ1) is 10.2. The van der Waals surface area contributed by atoms with Crippen LogP contribution in [0.4, 0.5) is 5.69 Å². The lowest BCUT2D eigenvalue weighted by atomic mass is 9.90. The van der Waals surface area contributed by atoms with Crippen molar-refractivity contribution in [2.24, 2.45) is 0 Å². The number of hydrogen-bond acceptors (Lipinski definition) is 3. The van der Waals surface area contributed by atoms with E-state index in [1.54, 1.807) is 11.3 Å². The van der Waals surface area contributed by atoms with E-state index in [2.05, 4.69) is 23.5 Å². The summed E-state index contributed by atoms with van der Waals surface area (Å²) in [6.45, 7) is 0.765. The van der Waals surface area contributed by atoms with E-state index in [0.717, 1.165) is 17.8 Å². The Balaban J connectivity index is 1.67. The predicted molar refractivity (Wildman–Crippen MR) is 86.1 cm³/mol. The highest BCUT2D eigenvalue weighted by atomic mass is 32.1. The number of carbonyl (C=O) groups is 1. The summed E-state index contributed by atoms with van der Waals surface area (Å²) in [4.78, 5) is 12.8. The van der Waals surface area contributed by atoms with Crippen molar-refractivity contribution in [3.05, 3.63) is 51.2 Å². The van der Waals surface area contributed by atoms with E-state index in [-0.39, 0.29) is 6.42 Å². The van der Waals surface area contributed by atoms with Crippen molar-refractivity contribution in [1.29, 1.82) is 0 Å². The second-order valence-electron chi connectivity index (χ2n) is 5.44. The third-order valence-electron chi connectivity index (χ3n) is 3.89. The van der Waals surface area contributed by atoms with Crippen molar-refractivity contribution < 1.29 is 9.90 Å². The zero-order valence-corrected chi connectivity index (χ0v) is 12.7. The number of benzene rings is 1. The molecule has 0 radical (unpaired) electrons. The molecule has 1 aromatic carbocycles. The van der Waals surface area contributed by atoms with Gasteiger partial charge < -0.3 is 10.4 Å². The van der Waals surface area contributed by atoms with Crippen LogP contribution in [0, 0.1) is 0 Å². The van der Waals surface area contributed by atoms with Crippen molar-refractivity contribution >= 4 is 23.0 Å². The molecule has 3 rings (SSSR count). The van der Waals surface area contributed by atoms with Crippen LogP contribution in [-0.4, -0.2) is 11.1 Å². The first-order valence-corrected chi connectivity index (χ1v) is 8.18. The summed E-state index contributed by atoms with van der Waals surface area (Å²) in [5.41, 5.74) is 4.18. The summed E-state index contributed by atoms with van der Waals surface area (Å²) < 4.78 is 0. The van der Waals surface area contributed by atoms with Gasteiger partial charge in [-0.25, -0.2) is 0 Å². The Labute approximate surface area is 128 Å². The van der Waals surface area contributed by atoms with E-state index in [1.165, 1.54) is 41.0 Å². The van der Waals surface area contributed by atoms with Crippen molar-refractivity contribution in [2.45, 2.75) is 38.6 Å². The minimum absolute atomic E-state index is 0.116. The number of nitrogens with one attached hydrogen (secondary N) is 1. The summed E-state index contributed by atoms with van der Waals surface area (Å²) in [7, 11) is 0. The van der Waals surface area contributed by atoms with Crippen LogP contribution in [0.5, 0.6) is 0 Å². The van der Waals surface area contributed by atoms with E-state index in [4.69, 9.17) is 5.11 Å². The van der Waals surface area contributed by atoms with Gasteiger partial charge in [0.05, 0.1) is 6.42 Å². The standard InChI is InChI=1S/C17H19NO2S/c19-17(20)10-13-8-9-14(21-13)11-18-16-7-3-5-12-4-1-2-6-15(12)16/h3,5,7-9,18H,1-2,4,6,10-11H2,(H,19,20). The molecule has 2 aromatic rings. The maximum absolute atomic E-state index is 10.7. The Bertz CT molecular complexity index is 648. The Kier molecular flexibility index (Phi) is 4.25. The zero-order chi connectivity index (χ0) is 14.7. The monoisotopic (exact) mass is 301 g/mol. The number of carboxylic acid groups (broad SMARTS) is 1. The second kappa shape index (κ2) is 6.31. The maximum atomic E-state index is 10.7. The van der Waals surface area contributed by atoms with E-state index < -0.39 is 5.97 Å². The molecule has 2 N–H and O–H groups in total. The molecule has 0 fully saturated rings. The molecule has 0 bridgehead atoms. The van der Waals surface area contributed by atoms with Gasteiger partial charge in [0.1, 0.15) is 0 Å². The van der Waals surface area contributed by atoms with E-state index in [1.807, 2.05) is 12.1 Å². The van der Waals surface area contributed by atoms with Crippen LogP contribution in [0.2, 0.25) is 0 Å². The molecule has 0 saturated carbocycles. The first-order valence-electron chi connectivity index (χ1n) is 7.36. The average Bonchev–Trinajstić information content (AvgIpc) is 2.92. The molecule has 1 aliphatic rings. The number of aliphatic carboxylic acids is 1. The molecule has 0 amide bonds. The van der Waals surface area contributed by atoms with E-state index in [0.29, 0.717) is 0 Å². The molecule has 21 heavy (non-hydrogen) atoms. The lowest BCUT2D eigenvalue weighted by Gasteiger charge is -2.19. The number of aryl methyl sites for hydroxylation is 1. The summed E-state index contributed by atoms with van der Waals surface area (Å²) in [5.74, 6) is -0.770. The van der Waals surface area contributed by atoms with Gasteiger partial charge in [-0.05, 0) is 55.0 Å². The van der Waals surface area contributed by atoms with Crippen LogP contribution in [0.25, 0.3) is 0 Å². The smallest absolute Gasteiger partial charge is 0.308 e. The Morgan fingerprint density at radius 3 is 2.81 bits per heavy atom. The Hall–Kier alpha value is -1.81. The molecule has 0 atom stereocenters. The molecule has 110 valence electrons. The number of fused-ring (bicyclic) bond motifs is 1. The van der Waals surface area contributed by atoms with E-state index >= 15 is 0 Å². The highest BCUT2D eigenvalue weighted by molar-refractivity contribution is 7.12. The summed E-state index contributed by atoms with van der Waals surface area (Å²) >= 11 is 1.57. The average molecular weight is 301 g/mol. The van der Waals surface area contributed by atoms with Gasteiger partial charge in [0.25, 0.3) is 0 Å². The first kappa shape index (κ1) is 14.1. The van der Waals surface area contributed by atoms with Crippen LogP contribution in [0.1, 0.15) is 33.7 Å². The van der Waals surface area contributed by atoms with Crippen LogP contribution in [0.3, 0.4) is 0 Å². The summed E-state index contributed by atoms with van der Waals surface area (Å²) in [6.07, 6.45) is 5.03. The maximum Gasteiger partial charge on any atom is 0.308 e. The third kappa shape index (κ3) is 3.45.